The third kappa shape index (κ3) is 3.95. The van der Waals surface area contributed by atoms with Crippen LogP contribution in [0.3, 0.4) is 0 Å². The van der Waals surface area contributed by atoms with E-state index in [9.17, 15) is 14.4 Å². The zero-order valence-corrected chi connectivity index (χ0v) is 14.1. The first-order valence-electron chi connectivity index (χ1n) is 6.85. The van der Waals surface area contributed by atoms with Gasteiger partial charge in [-0.25, -0.2) is 4.79 Å². The molecule has 128 valence electrons. The van der Waals surface area contributed by atoms with Crippen LogP contribution in [-0.4, -0.2) is 41.2 Å². The van der Waals surface area contributed by atoms with Gasteiger partial charge in [-0.15, -0.1) is 11.3 Å². The lowest BCUT2D eigenvalue weighted by Crippen LogP contribution is -2.40. The molecule has 1 heterocycles. The molecule has 0 bridgehead atoms. The normalized spacial score (nSPS) is 11.9. The van der Waals surface area contributed by atoms with Crippen molar-refractivity contribution in [2.45, 2.75) is 18.9 Å². The second kappa shape index (κ2) is 7.50. The molecule has 2 aromatic rings. The lowest BCUT2D eigenvalue weighted by Gasteiger charge is -2.12. The second-order valence-corrected chi connectivity index (χ2v) is 6.33. The molecule has 1 amide bonds. The summed E-state index contributed by atoms with van der Waals surface area (Å²) in [5, 5.41) is 20.9. The number of rotatable bonds is 7. The zero-order chi connectivity index (χ0) is 17.9. The Morgan fingerprint density at radius 2 is 2.04 bits per heavy atom. The van der Waals surface area contributed by atoms with Gasteiger partial charge in [0.15, 0.2) is 0 Å². The van der Waals surface area contributed by atoms with E-state index in [4.69, 9.17) is 26.6 Å². The summed E-state index contributed by atoms with van der Waals surface area (Å²) in [5.41, 5.74) is 0. The maximum absolute atomic E-state index is 12.3. The van der Waals surface area contributed by atoms with Crippen LogP contribution in [0.4, 0.5) is 0 Å². The van der Waals surface area contributed by atoms with Crippen LogP contribution in [0.15, 0.2) is 18.2 Å². The van der Waals surface area contributed by atoms with Gasteiger partial charge in [0.1, 0.15) is 16.7 Å². The van der Waals surface area contributed by atoms with E-state index in [1.807, 2.05) is 0 Å². The SMILES string of the molecule is COc1ccc2sc(C(=O)NC(CCC(=O)O)C(=O)O)c(Cl)c2c1. The molecule has 7 nitrogen and oxygen atoms in total. The number of thiophene rings is 1. The number of carboxylic acids is 2. The van der Waals surface area contributed by atoms with Crippen molar-refractivity contribution in [1.29, 1.82) is 0 Å². The Balaban J connectivity index is 2.25. The summed E-state index contributed by atoms with van der Waals surface area (Å²) < 4.78 is 5.86. The van der Waals surface area contributed by atoms with E-state index in [2.05, 4.69) is 5.32 Å². The number of halogens is 1. The van der Waals surface area contributed by atoms with Crippen molar-refractivity contribution < 1.29 is 29.3 Å². The molecule has 24 heavy (non-hydrogen) atoms. The van der Waals surface area contributed by atoms with Crippen molar-refractivity contribution in [2.24, 2.45) is 0 Å². The number of carboxylic acid groups (broad SMARTS) is 2. The van der Waals surface area contributed by atoms with Crippen LogP contribution >= 0.6 is 22.9 Å². The number of carbonyl (C=O) groups excluding carboxylic acids is 1. The van der Waals surface area contributed by atoms with E-state index in [0.29, 0.717) is 11.1 Å². The predicted octanol–water partition coefficient (Wildman–Crippen LogP) is 2.61. The molecule has 0 saturated carbocycles. The summed E-state index contributed by atoms with van der Waals surface area (Å²) in [6, 6.07) is 3.86. The van der Waals surface area contributed by atoms with Crippen molar-refractivity contribution in [3.63, 3.8) is 0 Å². The molecular formula is C15H14ClNO6S. The largest absolute Gasteiger partial charge is 0.497 e. The van der Waals surface area contributed by atoms with Gasteiger partial charge in [0.05, 0.1) is 12.1 Å². The maximum atomic E-state index is 12.3. The Morgan fingerprint density at radius 3 is 2.62 bits per heavy atom. The molecule has 0 fully saturated rings. The Labute approximate surface area is 145 Å². The fourth-order valence-corrected chi connectivity index (χ4v) is 3.46. The van der Waals surface area contributed by atoms with Gasteiger partial charge in [0, 0.05) is 16.5 Å². The third-order valence-electron chi connectivity index (χ3n) is 3.29. The van der Waals surface area contributed by atoms with E-state index < -0.39 is 23.9 Å². The zero-order valence-electron chi connectivity index (χ0n) is 12.5. The molecule has 3 N–H and O–H groups in total. The van der Waals surface area contributed by atoms with E-state index in [1.54, 1.807) is 18.2 Å². The Morgan fingerprint density at radius 1 is 1.33 bits per heavy atom. The molecule has 0 spiro atoms. The van der Waals surface area contributed by atoms with Crippen LogP contribution < -0.4 is 10.1 Å². The van der Waals surface area contributed by atoms with Gasteiger partial charge in [-0.2, -0.15) is 0 Å². The number of ether oxygens (including phenoxy) is 1. The monoisotopic (exact) mass is 371 g/mol. The van der Waals surface area contributed by atoms with Crippen LogP contribution in [-0.2, 0) is 9.59 Å². The first-order chi connectivity index (χ1) is 11.3. The van der Waals surface area contributed by atoms with Crippen LogP contribution in [0.25, 0.3) is 10.1 Å². The number of hydrogen-bond acceptors (Lipinski definition) is 5. The third-order valence-corrected chi connectivity index (χ3v) is 4.97. The maximum Gasteiger partial charge on any atom is 0.326 e. The van der Waals surface area contributed by atoms with Crippen LogP contribution in [0.1, 0.15) is 22.5 Å². The summed E-state index contributed by atoms with van der Waals surface area (Å²) >= 11 is 7.34. The van der Waals surface area contributed by atoms with E-state index in [1.165, 1.54) is 7.11 Å². The molecule has 0 radical (unpaired) electrons. The number of amides is 1. The number of methoxy groups -OCH3 is 1. The second-order valence-electron chi connectivity index (χ2n) is 4.90. The highest BCUT2D eigenvalue weighted by Crippen LogP contribution is 2.37. The van der Waals surface area contributed by atoms with Gasteiger partial charge in [0.2, 0.25) is 0 Å². The summed E-state index contributed by atoms with van der Waals surface area (Å²) in [4.78, 5) is 34.2. The average Bonchev–Trinajstić information content (AvgIpc) is 2.87. The van der Waals surface area contributed by atoms with Crippen molar-refractivity contribution in [2.75, 3.05) is 7.11 Å². The Bertz CT molecular complexity index is 803. The minimum atomic E-state index is -1.30. The number of fused-ring (bicyclic) bond motifs is 1. The molecule has 1 unspecified atom stereocenters. The molecule has 1 atom stereocenters. The summed E-state index contributed by atoms with van der Waals surface area (Å²) in [7, 11) is 1.51. The molecule has 0 aliphatic carbocycles. The molecule has 0 aliphatic heterocycles. The quantitative estimate of drug-likeness (QED) is 0.689. The number of carbonyl (C=O) groups is 3. The molecule has 9 heteroatoms. The van der Waals surface area contributed by atoms with E-state index in [-0.39, 0.29) is 22.7 Å². The minimum Gasteiger partial charge on any atom is -0.497 e. The van der Waals surface area contributed by atoms with Crippen LogP contribution in [0.2, 0.25) is 5.02 Å². The van der Waals surface area contributed by atoms with Crippen molar-refractivity contribution in [3.8, 4) is 5.75 Å². The first kappa shape index (κ1) is 18.0. The molecule has 1 aromatic heterocycles. The topological polar surface area (TPSA) is 113 Å². The number of aliphatic carboxylic acids is 2. The van der Waals surface area contributed by atoms with Gasteiger partial charge >= 0.3 is 11.9 Å². The fraction of sp³-hybridized carbons (Fsp3) is 0.267. The Kier molecular flexibility index (Phi) is 5.63. The molecular weight excluding hydrogens is 358 g/mol. The molecule has 0 aliphatic rings. The number of hydrogen-bond donors (Lipinski definition) is 3. The summed E-state index contributed by atoms with van der Waals surface area (Å²) in [5.74, 6) is -2.51. The van der Waals surface area contributed by atoms with Crippen molar-refractivity contribution in [3.05, 3.63) is 28.1 Å². The minimum absolute atomic E-state index is 0.168. The van der Waals surface area contributed by atoms with Crippen LogP contribution in [0, 0.1) is 0 Å². The summed E-state index contributed by atoms with van der Waals surface area (Å²) in [6.07, 6.45) is -0.582. The highest BCUT2D eigenvalue weighted by atomic mass is 35.5. The standard InChI is InChI=1S/C15H14ClNO6S/c1-23-7-2-4-10-8(6-7)12(16)13(24-10)14(20)17-9(15(21)22)3-5-11(18)19/h2,4,6,9H,3,5H2,1H3,(H,17,20)(H,18,19)(H,21,22). The van der Waals surface area contributed by atoms with Gasteiger partial charge < -0.3 is 20.3 Å². The highest BCUT2D eigenvalue weighted by Gasteiger charge is 2.24. The summed E-state index contributed by atoms with van der Waals surface area (Å²) in [6.45, 7) is 0. The van der Waals surface area contributed by atoms with Crippen molar-refractivity contribution >= 4 is 50.9 Å². The fourth-order valence-electron chi connectivity index (χ4n) is 2.07. The van der Waals surface area contributed by atoms with Gasteiger partial charge in [-0.05, 0) is 24.6 Å². The van der Waals surface area contributed by atoms with E-state index >= 15 is 0 Å². The predicted molar refractivity (Wildman–Crippen MR) is 89.1 cm³/mol. The average molecular weight is 372 g/mol. The molecule has 2 rings (SSSR count). The number of benzene rings is 1. The Hall–Kier alpha value is -2.32. The smallest absolute Gasteiger partial charge is 0.326 e. The highest BCUT2D eigenvalue weighted by molar-refractivity contribution is 7.21. The lowest BCUT2D eigenvalue weighted by molar-refractivity contribution is -0.140. The first-order valence-corrected chi connectivity index (χ1v) is 8.04. The van der Waals surface area contributed by atoms with Gasteiger partial charge in [-0.3, -0.25) is 9.59 Å². The lowest BCUT2D eigenvalue weighted by atomic mass is 10.1. The van der Waals surface area contributed by atoms with Gasteiger partial charge in [-0.1, -0.05) is 11.6 Å². The number of nitrogens with one attached hydrogen (secondary N) is 1. The van der Waals surface area contributed by atoms with E-state index in [0.717, 1.165) is 16.0 Å². The van der Waals surface area contributed by atoms with Gasteiger partial charge in [0.25, 0.3) is 5.91 Å². The molecule has 0 saturated heterocycles. The van der Waals surface area contributed by atoms with Crippen LogP contribution in [0.5, 0.6) is 5.75 Å². The molecule has 1 aromatic carbocycles. The van der Waals surface area contributed by atoms with Crippen molar-refractivity contribution in [1.82, 2.24) is 5.32 Å².